The highest BCUT2D eigenvalue weighted by molar-refractivity contribution is 5.80. The first-order valence-electron chi connectivity index (χ1n) is 7.78. The number of aromatic nitrogens is 2. The molecule has 1 amide bonds. The van der Waals surface area contributed by atoms with Crippen LogP contribution in [-0.4, -0.2) is 28.4 Å². The van der Waals surface area contributed by atoms with Crippen molar-refractivity contribution in [1.29, 1.82) is 0 Å². The van der Waals surface area contributed by atoms with Crippen molar-refractivity contribution < 1.29 is 14.4 Å². The fourth-order valence-corrected chi connectivity index (χ4v) is 2.68. The Morgan fingerprint density at radius 2 is 2.32 bits per heavy atom. The molecule has 1 aliphatic rings. The van der Waals surface area contributed by atoms with Crippen molar-refractivity contribution in [2.24, 2.45) is 0 Å². The molecule has 0 aliphatic carbocycles. The zero-order chi connectivity index (χ0) is 15.4. The molecule has 0 radical (unpaired) electrons. The minimum atomic E-state index is -0.331. The molecule has 0 unspecified atom stereocenters. The lowest BCUT2D eigenvalue weighted by molar-refractivity contribution is -0.200. The second-order valence-corrected chi connectivity index (χ2v) is 5.40. The number of aryl methyl sites for hydroxylation is 1. The number of nitrogens with zero attached hydrogens (tertiary/aromatic N) is 2. The molecule has 0 spiro atoms. The van der Waals surface area contributed by atoms with Gasteiger partial charge in [0.05, 0.1) is 11.0 Å². The Morgan fingerprint density at radius 1 is 1.45 bits per heavy atom. The predicted octanol–water partition coefficient (Wildman–Crippen LogP) is 2.17. The van der Waals surface area contributed by atoms with Crippen LogP contribution in [0.4, 0.5) is 0 Å². The van der Waals surface area contributed by atoms with Gasteiger partial charge in [-0.1, -0.05) is 19.1 Å². The van der Waals surface area contributed by atoms with Crippen molar-refractivity contribution in [3.63, 3.8) is 0 Å². The van der Waals surface area contributed by atoms with Gasteiger partial charge in [-0.15, -0.1) is 0 Å². The van der Waals surface area contributed by atoms with Crippen LogP contribution in [0.1, 0.15) is 32.0 Å². The van der Waals surface area contributed by atoms with Gasteiger partial charge in [0.25, 0.3) is 5.91 Å². The van der Waals surface area contributed by atoms with Crippen molar-refractivity contribution >= 4 is 16.9 Å². The molecule has 3 rings (SSSR count). The minimum absolute atomic E-state index is 0.191. The van der Waals surface area contributed by atoms with Crippen LogP contribution in [0.15, 0.2) is 24.3 Å². The summed E-state index contributed by atoms with van der Waals surface area (Å²) in [4.78, 5) is 22.0. The number of hydrogen-bond donors (Lipinski definition) is 1. The number of hydroxylamine groups is 1. The van der Waals surface area contributed by atoms with E-state index in [2.05, 4.69) is 10.5 Å². The van der Waals surface area contributed by atoms with Crippen molar-refractivity contribution in [2.75, 3.05) is 6.61 Å². The van der Waals surface area contributed by atoms with Gasteiger partial charge < -0.3 is 9.30 Å². The van der Waals surface area contributed by atoms with E-state index in [1.807, 2.05) is 35.8 Å². The molecule has 2 heterocycles. The normalized spacial score (nSPS) is 18.5. The Bertz CT molecular complexity index is 647. The molecule has 2 aromatic rings. The smallest absolute Gasteiger partial charge is 0.263 e. The number of fused-ring (bicyclic) bond motifs is 1. The van der Waals surface area contributed by atoms with Gasteiger partial charge in [-0.25, -0.2) is 15.3 Å². The third-order valence-corrected chi connectivity index (χ3v) is 3.79. The second-order valence-electron chi connectivity index (χ2n) is 5.40. The molecule has 1 fully saturated rings. The van der Waals surface area contributed by atoms with Gasteiger partial charge >= 0.3 is 0 Å². The number of imidazole rings is 1. The van der Waals surface area contributed by atoms with Crippen LogP contribution in [0.25, 0.3) is 11.0 Å². The standard InChI is InChI=1S/C16H21N3O3/c1-2-14-17-12-7-3-4-8-13(12)19(14)11-15(20)18-22-16-9-5-6-10-21-16/h3-4,7-8,16H,2,5-6,9-11H2,1H3,(H,18,20)/t16-/m1/s1. The number of rotatable bonds is 5. The number of nitrogens with one attached hydrogen (secondary N) is 1. The molecule has 1 atom stereocenters. The maximum absolute atomic E-state index is 12.1. The van der Waals surface area contributed by atoms with Crippen LogP contribution in [0.5, 0.6) is 0 Å². The summed E-state index contributed by atoms with van der Waals surface area (Å²) in [6.07, 6.45) is 3.37. The van der Waals surface area contributed by atoms with E-state index < -0.39 is 0 Å². The number of hydrogen-bond acceptors (Lipinski definition) is 4. The van der Waals surface area contributed by atoms with Crippen molar-refractivity contribution in [3.05, 3.63) is 30.1 Å². The van der Waals surface area contributed by atoms with E-state index in [9.17, 15) is 4.79 Å². The molecule has 1 aromatic heterocycles. The van der Waals surface area contributed by atoms with E-state index in [0.29, 0.717) is 6.61 Å². The van der Waals surface area contributed by atoms with Gasteiger partial charge in [-0.2, -0.15) is 0 Å². The van der Waals surface area contributed by atoms with Crippen LogP contribution in [-0.2, 0) is 27.3 Å². The lowest BCUT2D eigenvalue weighted by Crippen LogP contribution is -2.35. The molecule has 6 heteroatoms. The molecule has 1 N–H and O–H groups in total. The Balaban J connectivity index is 1.65. The first-order chi connectivity index (χ1) is 10.8. The minimum Gasteiger partial charge on any atom is -0.350 e. The van der Waals surface area contributed by atoms with E-state index in [1.54, 1.807) is 0 Å². The number of amides is 1. The van der Waals surface area contributed by atoms with Gasteiger partial charge in [0, 0.05) is 19.4 Å². The molecule has 6 nitrogen and oxygen atoms in total. The van der Waals surface area contributed by atoms with E-state index in [-0.39, 0.29) is 18.7 Å². The summed E-state index contributed by atoms with van der Waals surface area (Å²) in [6.45, 7) is 2.91. The van der Waals surface area contributed by atoms with E-state index in [4.69, 9.17) is 9.57 Å². The van der Waals surface area contributed by atoms with Crippen molar-refractivity contribution in [1.82, 2.24) is 15.0 Å². The topological polar surface area (TPSA) is 65.4 Å². The Morgan fingerprint density at radius 3 is 3.09 bits per heavy atom. The highest BCUT2D eigenvalue weighted by atomic mass is 16.8. The summed E-state index contributed by atoms with van der Waals surface area (Å²) in [6, 6.07) is 7.82. The number of carbonyl (C=O) groups is 1. The van der Waals surface area contributed by atoms with Gasteiger partial charge in [-0.3, -0.25) is 4.79 Å². The maximum Gasteiger partial charge on any atom is 0.263 e. The lowest BCUT2D eigenvalue weighted by atomic mass is 10.2. The molecule has 118 valence electrons. The summed E-state index contributed by atoms with van der Waals surface area (Å²) in [5.74, 6) is 0.692. The first kappa shape index (κ1) is 15.0. The average molecular weight is 303 g/mol. The van der Waals surface area contributed by atoms with Crippen molar-refractivity contribution in [3.8, 4) is 0 Å². The Hall–Kier alpha value is -1.92. The number of para-hydroxylation sites is 2. The zero-order valence-corrected chi connectivity index (χ0v) is 12.7. The van der Waals surface area contributed by atoms with Crippen LogP contribution < -0.4 is 5.48 Å². The van der Waals surface area contributed by atoms with Gasteiger partial charge in [-0.05, 0) is 25.0 Å². The molecule has 1 aliphatic heterocycles. The summed E-state index contributed by atoms with van der Waals surface area (Å²) in [7, 11) is 0. The van der Waals surface area contributed by atoms with Crippen LogP contribution in [0.3, 0.4) is 0 Å². The van der Waals surface area contributed by atoms with E-state index >= 15 is 0 Å². The summed E-state index contributed by atoms with van der Waals surface area (Å²) in [5, 5.41) is 0. The molecule has 1 saturated heterocycles. The van der Waals surface area contributed by atoms with Gasteiger partial charge in [0.2, 0.25) is 0 Å². The molecule has 0 bridgehead atoms. The molecule has 0 saturated carbocycles. The lowest BCUT2D eigenvalue weighted by Gasteiger charge is -2.22. The third-order valence-electron chi connectivity index (χ3n) is 3.79. The number of ether oxygens (including phenoxy) is 1. The molecule has 22 heavy (non-hydrogen) atoms. The summed E-state index contributed by atoms with van der Waals surface area (Å²) < 4.78 is 7.35. The highest BCUT2D eigenvalue weighted by Gasteiger charge is 2.17. The zero-order valence-electron chi connectivity index (χ0n) is 12.7. The summed E-state index contributed by atoms with van der Waals surface area (Å²) >= 11 is 0. The number of carbonyl (C=O) groups excluding carboxylic acids is 1. The summed E-state index contributed by atoms with van der Waals surface area (Å²) in [5.41, 5.74) is 4.36. The molecular formula is C16H21N3O3. The monoisotopic (exact) mass is 303 g/mol. The predicted molar refractivity (Wildman–Crippen MR) is 81.9 cm³/mol. The van der Waals surface area contributed by atoms with Gasteiger partial charge in [0.1, 0.15) is 12.4 Å². The highest BCUT2D eigenvalue weighted by Crippen LogP contribution is 2.16. The average Bonchev–Trinajstić information content (AvgIpc) is 2.92. The fraction of sp³-hybridized carbons (Fsp3) is 0.500. The SMILES string of the molecule is CCc1nc2ccccc2n1CC(=O)NO[C@@H]1CCCCO1. The second kappa shape index (κ2) is 6.89. The van der Waals surface area contributed by atoms with Crippen LogP contribution in [0, 0.1) is 0 Å². The van der Waals surface area contributed by atoms with Gasteiger partial charge in [0.15, 0.2) is 6.29 Å². The Labute approximate surface area is 129 Å². The van der Waals surface area contributed by atoms with Crippen LogP contribution >= 0.6 is 0 Å². The fourth-order valence-electron chi connectivity index (χ4n) is 2.68. The Kier molecular flexibility index (Phi) is 4.70. The maximum atomic E-state index is 12.1. The number of benzene rings is 1. The molecular weight excluding hydrogens is 282 g/mol. The third kappa shape index (κ3) is 3.28. The van der Waals surface area contributed by atoms with E-state index in [1.165, 1.54) is 0 Å². The molecule has 1 aromatic carbocycles. The van der Waals surface area contributed by atoms with E-state index in [0.717, 1.165) is 42.5 Å². The first-order valence-corrected chi connectivity index (χ1v) is 7.78. The van der Waals surface area contributed by atoms with Crippen molar-refractivity contribution in [2.45, 2.75) is 45.4 Å². The largest absolute Gasteiger partial charge is 0.350 e. The quantitative estimate of drug-likeness (QED) is 0.860. The van der Waals surface area contributed by atoms with Crippen LogP contribution in [0.2, 0.25) is 0 Å².